The topological polar surface area (TPSA) is 116 Å². The van der Waals surface area contributed by atoms with Crippen LogP contribution in [0.25, 0.3) is 22.2 Å². The number of nitrogen functional groups attached to an aromatic ring is 1. The molecule has 0 aliphatic rings. The van der Waals surface area contributed by atoms with Gasteiger partial charge in [0, 0.05) is 18.0 Å². The van der Waals surface area contributed by atoms with Gasteiger partial charge in [0.25, 0.3) is 0 Å². The zero-order chi connectivity index (χ0) is 23.2. The zero-order valence-electron chi connectivity index (χ0n) is 18.0. The van der Waals surface area contributed by atoms with E-state index >= 15 is 0 Å². The number of pyridine rings is 1. The zero-order valence-corrected chi connectivity index (χ0v) is 18.8. The van der Waals surface area contributed by atoms with E-state index in [4.69, 9.17) is 5.73 Å². The number of nitrogens with zero attached hydrogens (tertiary/aromatic N) is 5. The quantitative estimate of drug-likeness (QED) is 0.410. The number of benzene rings is 2. The lowest BCUT2D eigenvalue weighted by Gasteiger charge is -2.09. The van der Waals surface area contributed by atoms with Crippen molar-refractivity contribution in [2.45, 2.75) is 23.6 Å². The molecule has 0 amide bonds. The maximum Gasteiger partial charge on any atom is 0.212 e. The van der Waals surface area contributed by atoms with Gasteiger partial charge >= 0.3 is 0 Å². The van der Waals surface area contributed by atoms with Crippen molar-refractivity contribution in [3.63, 3.8) is 0 Å². The summed E-state index contributed by atoms with van der Waals surface area (Å²) in [6.45, 7) is 3.60. The molecule has 0 bridgehead atoms. The van der Waals surface area contributed by atoms with Crippen LogP contribution in [0.1, 0.15) is 16.7 Å². The molecule has 0 saturated carbocycles. The van der Waals surface area contributed by atoms with E-state index in [0.29, 0.717) is 16.6 Å². The second-order valence-corrected chi connectivity index (χ2v) is 9.57. The summed E-state index contributed by atoms with van der Waals surface area (Å²) < 4.78 is 29.0. The Morgan fingerprint density at radius 2 is 1.76 bits per heavy atom. The fourth-order valence-corrected chi connectivity index (χ4v) is 5.49. The number of aryl methyl sites for hydroxylation is 2. The molecule has 0 aliphatic carbocycles. The molecule has 164 valence electrons. The first-order valence-electron chi connectivity index (χ1n) is 10.2. The SMILES string of the molecule is Cc1ccc(C)c(S(=O)(=O)c2c(N)n(/N=C/c3cccnc3)c3nc4ccccc4nc23)c1. The van der Waals surface area contributed by atoms with Crippen LogP contribution in [0.2, 0.25) is 0 Å². The van der Waals surface area contributed by atoms with Crippen LogP contribution in [0, 0.1) is 13.8 Å². The van der Waals surface area contributed by atoms with E-state index in [2.05, 4.69) is 20.1 Å². The third-order valence-electron chi connectivity index (χ3n) is 5.34. The highest BCUT2D eigenvalue weighted by atomic mass is 32.2. The fraction of sp³-hybridized carbons (Fsp3) is 0.0833. The Kier molecular flexibility index (Phi) is 4.90. The van der Waals surface area contributed by atoms with Crippen LogP contribution < -0.4 is 5.73 Å². The highest BCUT2D eigenvalue weighted by molar-refractivity contribution is 7.92. The molecule has 2 N–H and O–H groups in total. The second kappa shape index (κ2) is 7.79. The average Bonchev–Trinajstić information content (AvgIpc) is 3.09. The number of sulfone groups is 1. The van der Waals surface area contributed by atoms with Gasteiger partial charge in [-0.2, -0.15) is 9.78 Å². The average molecular weight is 457 g/mol. The Balaban J connectivity index is 1.83. The maximum atomic E-state index is 13.8. The van der Waals surface area contributed by atoms with E-state index in [1.165, 1.54) is 4.68 Å². The Labute approximate surface area is 190 Å². The molecule has 0 spiro atoms. The molecule has 3 aromatic heterocycles. The predicted molar refractivity (Wildman–Crippen MR) is 128 cm³/mol. The van der Waals surface area contributed by atoms with E-state index in [1.807, 2.05) is 31.2 Å². The number of fused-ring (bicyclic) bond motifs is 2. The van der Waals surface area contributed by atoms with Gasteiger partial charge in [0.2, 0.25) is 9.84 Å². The van der Waals surface area contributed by atoms with E-state index in [-0.39, 0.29) is 26.8 Å². The Morgan fingerprint density at radius 3 is 2.48 bits per heavy atom. The summed E-state index contributed by atoms with van der Waals surface area (Å²) in [6, 6.07) is 16.1. The first-order chi connectivity index (χ1) is 15.9. The third-order valence-corrected chi connectivity index (χ3v) is 7.30. The molecule has 0 saturated heterocycles. The van der Waals surface area contributed by atoms with Crippen LogP contribution in [0.3, 0.4) is 0 Å². The molecular weight excluding hydrogens is 436 g/mol. The number of hydrogen-bond acceptors (Lipinski definition) is 7. The molecule has 9 heteroatoms. The van der Waals surface area contributed by atoms with Gasteiger partial charge in [0.15, 0.2) is 5.65 Å². The summed E-state index contributed by atoms with van der Waals surface area (Å²) in [7, 11) is -4.01. The monoisotopic (exact) mass is 456 g/mol. The second-order valence-electron chi connectivity index (χ2n) is 7.71. The van der Waals surface area contributed by atoms with Crippen molar-refractivity contribution in [2.24, 2.45) is 5.10 Å². The molecule has 0 unspecified atom stereocenters. The summed E-state index contributed by atoms with van der Waals surface area (Å²) >= 11 is 0. The standard InChI is InChI=1S/C24H20N6O2S/c1-15-9-10-16(2)20(12-15)33(31,32)22-21-24(29-19-8-4-3-7-18(19)28-21)30(23(22)25)27-14-17-6-5-11-26-13-17/h3-14H,25H2,1-2H3/b27-14+. The summed E-state index contributed by atoms with van der Waals surface area (Å²) in [5.74, 6) is -0.0543. The maximum absolute atomic E-state index is 13.8. The van der Waals surface area contributed by atoms with Crippen LogP contribution in [0.15, 0.2) is 81.9 Å². The van der Waals surface area contributed by atoms with Crippen LogP contribution in [0.4, 0.5) is 5.82 Å². The number of aromatic nitrogens is 4. The van der Waals surface area contributed by atoms with Gasteiger partial charge in [-0.25, -0.2) is 18.4 Å². The predicted octanol–water partition coefficient (Wildman–Crippen LogP) is 3.89. The summed E-state index contributed by atoms with van der Waals surface area (Å²) in [5, 5.41) is 4.44. The summed E-state index contributed by atoms with van der Waals surface area (Å²) in [5.41, 5.74) is 10.2. The van der Waals surface area contributed by atoms with Crippen LogP contribution in [-0.2, 0) is 9.84 Å². The lowest BCUT2D eigenvalue weighted by molar-refractivity contribution is 0.596. The van der Waals surface area contributed by atoms with E-state index < -0.39 is 9.84 Å². The molecule has 0 atom stereocenters. The first-order valence-corrected chi connectivity index (χ1v) is 11.7. The first kappa shape index (κ1) is 20.8. The number of nitrogens with two attached hydrogens (primary N) is 1. The lowest BCUT2D eigenvalue weighted by Crippen LogP contribution is -2.08. The van der Waals surface area contributed by atoms with E-state index in [0.717, 1.165) is 11.1 Å². The highest BCUT2D eigenvalue weighted by Crippen LogP contribution is 2.36. The minimum Gasteiger partial charge on any atom is -0.382 e. The summed E-state index contributed by atoms with van der Waals surface area (Å²) in [4.78, 5) is 13.4. The van der Waals surface area contributed by atoms with Crippen LogP contribution in [0.5, 0.6) is 0 Å². The van der Waals surface area contributed by atoms with E-state index in [9.17, 15) is 8.42 Å². The molecule has 0 fully saturated rings. The van der Waals surface area contributed by atoms with Crippen molar-refractivity contribution in [2.75, 3.05) is 5.73 Å². The van der Waals surface area contributed by atoms with Crippen molar-refractivity contribution >= 4 is 44.1 Å². The number of hydrogen-bond donors (Lipinski definition) is 1. The van der Waals surface area contributed by atoms with Crippen molar-refractivity contribution in [3.05, 3.63) is 83.7 Å². The Bertz CT molecular complexity index is 1660. The molecule has 3 heterocycles. The van der Waals surface area contributed by atoms with Gasteiger partial charge in [-0.3, -0.25) is 4.98 Å². The molecular formula is C24H20N6O2S. The van der Waals surface area contributed by atoms with Gasteiger partial charge in [0.1, 0.15) is 16.2 Å². The number of para-hydroxylation sites is 2. The Morgan fingerprint density at radius 1 is 1.00 bits per heavy atom. The minimum atomic E-state index is -4.01. The smallest absolute Gasteiger partial charge is 0.212 e. The van der Waals surface area contributed by atoms with Crippen molar-refractivity contribution in [1.82, 2.24) is 19.6 Å². The van der Waals surface area contributed by atoms with Gasteiger partial charge in [0.05, 0.1) is 22.1 Å². The number of anilines is 1. The van der Waals surface area contributed by atoms with Crippen LogP contribution >= 0.6 is 0 Å². The van der Waals surface area contributed by atoms with Gasteiger partial charge in [-0.05, 0) is 49.2 Å². The minimum absolute atomic E-state index is 0.0543. The van der Waals surface area contributed by atoms with Gasteiger partial charge in [-0.15, -0.1) is 0 Å². The fourth-order valence-electron chi connectivity index (χ4n) is 3.69. The summed E-state index contributed by atoms with van der Waals surface area (Å²) in [6.07, 6.45) is 4.84. The van der Waals surface area contributed by atoms with Gasteiger partial charge in [-0.1, -0.05) is 30.3 Å². The van der Waals surface area contributed by atoms with Crippen molar-refractivity contribution in [3.8, 4) is 0 Å². The largest absolute Gasteiger partial charge is 0.382 e. The molecule has 5 aromatic rings. The van der Waals surface area contributed by atoms with Crippen LogP contribution in [-0.4, -0.2) is 34.3 Å². The molecule has 2 aromatic carbocycles. The van der Waals surface area contributed by atoms with Gasteiger partial charge < -0.3 is 5.73 Å². The molecule has 5 rings (SSSR count). The van der Waals surface area contributed by atoms with Crippen molar-refractivity contribution < 1.29 is 8.42 Å². The normalized spacial score (nSPS) is 12.2. The van der Waals surface area contributed by atoms with E-state index in [1.54, 1.807) is 55.9 Å². The molecule has 8 nitrogen and oxygen atoms in total. The molecule has 0 aliphatic heterocycles. The molecule has 33 heavy (non-hydrogen) atoms. The molecule has 0 radical (unpaired) electrons. The highest BCUT2D eigenvalue weighted by Gasteiger charge is 2.31. The third kappa shape index (κ3) is 3.52. The number of rotatable bonds is 4. The van der Waals surface area contributed by atoms with Crippen molar-refractivity contribution in [1.29, 1.82) is 0 Å². The Hall–Kier alpha value is -4.11. The lowest BCUT2D eigenvalue weighted by atomic mass is 10.2.